The van der Waals surface area contributed by atoms with Gasteiger partial charge in [-0.3, -0.25) is 0 Å². The first kappa shape index (κ1) is 9.82. The molecule has 0 aliphatic carbocycles. The number of thiazole rings is 1. The molecule has 0 saturated carbocycles. The van der Waals surface area contributed by atoms with Crippen LogP contribution >= 0.6 is 11.3 Å². The molecule has 0 bridgehead atoms. The van der Waals surface area contributed by atoms with Gasteiger partial charge in [-0.2, -0.15) is 5.90 Å². The summed E-state index contributed by atoms with van der Waals surface area (Å²) in [6.07, 6.45) is 0. The Balaban J connectivity index is 2.46. The second-order valence-corrected chi connectivity index (χ2v) is 3.66. The van der Waals surface area contributed by atoms with E-state index < -0.39 is 5.97 Å². The monoisotopic (exact) mass is 220 g/mol. The van der Waals surface area contributed by atoms with Crippen molar-refractivity contribution in [1.29, 1.82) is 0 Å². The van der Waals surface area contributed by atoms with Crippen LogP contribution in [-0.4, -0.2) is 11.0 Å². The molecule has 5 heteroatoms. The average molecular weight is 220 g/mol. The summed E-state index contributed by atoms with van der Waals surface area (Å²) in [6.45, 7) is 0. The maximum atomic E-state index is 11.3. The molecule has 0 spiro atoms. The lowest BCUT2D eigenvalue weighted by Gasteiger charge is -1.99. The second kappa shape index (κ2) is 4.20. The van der Waals surface area contributed by atoms with Gasteiger partial charge in [-0.25, -0.2) is 9.78 Å². The Labute approximate surface area is 90.3 Å². The summed E-state index contributed by atoms with van der Waals surface area (Å²) in [5.74, 6) is 4.28. The zero-order valence-corrected chi connectivity index (χ0v) is 8.53. The minimum absolute atomic E-state index is 0.420. The molecule has 1 aromatic heterocycles. The first-order chi connectivity index (χ1) is 7.33. The maximum absolute atomic E-state index is 11.3. The van der Waals surface area contributed by atoms with E-state index in [4.69, 9.17) is 5.90 Å². The molecule has 0 radical (unpaired) electrons. The Kier molecular flexibility index (Phi) is 2.75. The number of rotatable bonds is 2. The first-order valence-corrected chi connectivity index (χ1v) is 5.11. The highest BCUT2D eigenvalue weighted by Gasteiger charge is 2.16. The summed E-state index contributed by atoms with van der Waals surface area (Å²) in [5, 5.41) is 0. The molecule has 0 aliphatic rings. The Bertz CT molecular complexity index is 467. The lowest BCUT2D eigenvalue weighted by molar-refractivity contribution is 0.0510. The smallest absolute Gasteiger partial charge is 0.369 e. The quantitative estimate of drug-likeness (QED) is 0.784. The fraction of sp³-hybridized carbons (Fsp3) is 0. The maximum Gasteiger partial charge on any atom is 0.369 e. The molecule has 2 aromatic rings. The molecule has 4 nitrogen and oxygen atoms in total. The van der Waals surface area contributed by atoms with Crippen LogP contribution in [0.1, 0.15) is 9.67 Å². The second-order valence-electron chi connectivity index (χ2n) is 2.80. The highest BCUT2D eigenvalue weighted by Crippen LogP contribution is 2.25. The van der Waals surface area contributed by atoms with Gasteiger partial charge in [0.25, 0.3) is 0 Å². The molecular weight excluding hydrogens is 212 g/mol. The van der Waals surface area contributed by atoms with E-state index in [-0.39, 0.29) is 0 Å². The van der Waals surface area contributed by atoms with E-state index in [1.54, 1.807) is 5.51 Å². The minimum atomic E-state index is -0.559. The molecule has 0 saturated heterocycles. The van der Waals surface area contributed by atoms with Gasteiger partial charge in [0, 0.05) is 5.56 Å². The van der Waals surface area contributed by atoms with E-state index in [1.807, 2.05) is 30.3 Å². The highest BCUT2D eigenvalue weighted by atomic mass is 32.1. The van der Waals surface area contributed by atoms with Crippen LogP contribution in [0.25, 0.3) is 11.3 Å². The fourth-order valence-electron chi connectivity index (χ4n) is 1.25. The number of aromatic nitrogens is 1. The van der Waals surface area contributed by atoms with Crippen LogP contribution < -0.4 is 5.90 Å². The molecule has 1 aromatic carbocycles. The van der Waals surface area contributed by atoms with E-state index >= 15 is 0 Å². The molecule has 2 rings (SSSR count). The Hall–Kier alpha value is -1.72. The molecule has 0 aliphatic heterocycles. The standard InChI is InChI=1S/C10H8N2O2S/c11-14-10(13)9-8(12-6-15-9)7-4-2-1-3-5-7/h1-6H,11H2. The van der Waals surface area contributed by atoms with E-state index in [0.29, 0.717) is 10.6 Å². The van der Waals surface area contributed by atoms with Crippen molar-refractivity contribution in [1.82, 2.24) is 4.98 Å². The Morgan fingerprint density at radius 1 is 1.33 bits per heavy atom. The zero-order chi connectivity index (χ0) is 10.7. The molecule has 0 fully saturated rings. The third-order valence-electron chi connectivity index (χ3n) is 1.91. The van der Waals surface area contributed by atoms with Crippen molar-refractivity contribution < 1.29 is 9.63 Å². The van der Waals surface area contributed by atoms with Gasteiger partial charge in [-0.05, 0) is 0 Å². The number of benzene rings is 1. The van der Waals surface area contributed by atoms with Gasteiger partial charge in [-0.1, -0.05) is 30.3 Å². The van der Waals surface area contributed by atoms with Gasteiger partial charge in [0.2, 0.25) is 0 Å². The van der Waals surface area contributed by atoms with Crippen molar-refractivity contribution >= 4 is 17.3 Å². The number of hydrogen-bond acceptors (Lipinski definition) is 5. The molecule has 1 heterocycles. The van der Waals surface area contributed by atoms with Gasteiger partial charge in [0.1, 0.15) is 4.88 Å². The van der Waals surface area contributed by atoms with Gasteiger partial charge in [0.15, 0.2) is 0 Å². The SMILES string of the molecule is NOC(=O)c1scnc1-c1ccccc1. The summed E-state index contributed by atoms with van der Waals surface area (Å²) in [6, 6.07) is 9.42. The number of carbonyl (C=O) groups is 1. The summed E-state index contributed by atoms with van der Waals surface area (Å²) in [5.41, 5.74) is 3.07. The minimum Gasteiger partial charge on any atom is -0.369 e. The van der Waals surface area contributed by atoms with E-state index in [0.717, 1.165) is 5.56 Å². The van der Waals surface area contributed by atoms with Crippen LogP contribution in [-0.2, 0) is 4.84 Å². The fourth-order valence-corrected chi connectivity index (χ4v) is 1.94. The van der Waals surface area contributed by atoms with Crippen molar-refractivity contribution in [2.24, 2.45) is 5.90 Å². The topological polar surface area (TPSA) is 65.2 Å². The first-order valence-electron chi connectivity index (χ1n) is 4.23. The number of hydrogen-bond donors (Lipinski definition) is 1. The van der Waals surface area contributed by atoms with Crippen LogP contribution in [0.5, 0.6) is 0 Å². The van der Waals surface area contributed by atoms with Crippen molar-refractivity contribution in [3.8, 4) is 11.3 Å². The van der Waals surface area contributed by atoms with Crippen LogP contribution in [0.15, 0.2) is 35.8 Å². The summed E-state index contributed by atoms with van der Waals surface area (Å²) in [7, 11) is 0. The lowest BCUT2D eigenvalue weighted by Crippen LogP contribution is -2.09. The van der Waals surface area contributed by atoms with Crippen molar-refractivity contribution in [2.75, 3.05) is 0 Å². The van der Waals surface area contributed by atoms with Crippen LogP contribution in [0.3, 0.4) is 0 Å². The predicted molar refractivity (Wildman–Crippen MR) is 57.2 cm³/mol. The van der Waals surface area contributed by atoms with Crippen molar-refractivity contribution in [3.63, 3.8) is 0 Å². The van der Waals surface area contributed by atoms with E-state index in [2.05, 4.69) is 9.82 Å². The van der Waals surface area contributed by atoms with E-state index in [1.165, 1.54) is 11.3 Å². The third kappa shape index (κ3) is 1.88. The number of nitrogens with zero attached hydrogens (tertiary/aromatic N) is 1. The van der Waals surface area contributed by atoms with E-state index in [9.17, 15) is 4.79 Å². The van der Waals surface area contributed by atoms with Gasteiger partial charge in [0.05, 0.1) is 11.2 Å². The summed E-state index contributed by atoms with van der Waals surface area (Å²) in [4.78, 5) is 20.0. The Morgan fingerprint density at radius 2 is 2.07 bits per heavy atom. The molecule has 15 heavy (non-hydrogen) atoms. The summed E-state index contributed by atoms with van der Waals surface area (Å²) < 4.78 is 0. The Morgan fingerprint density at radius 3 is 2.73 bits per heavy atom. The van der Waals surface area contributed by atoms with Gasteiger partial charge < -0.3 is 4.84 Å². The van der Waals surface area contributed by atoms with Gasteiger partial charge in [-0.15, -0.1) is 11.3 Å². The van der Waals surface area contributed by atoms with Crippen molar-refractivity contribution in [3.05, 3.63) is 40.7 Å². The van der Waals surface area contributed by atoms with Gasteiger partial charge >= 0.3 is 5.97 Å². The predicted octanol–water partition coefficient (Wildman–Crippen LogP) is 1.84. The summed E-state index contributed by atoms with van der Waals surface area (Å²) >= 11 is 1.21. The third-order valence-corrected chi connectivity index (χ3v) is 2.71. The molecule has 76 valence electrons. The number of nitrogens with two attached hydrogens (primary N) is 1. The van der Waals surface area contributed by atoms with Crippen molar-refractivity contribution in [2.45, 2.75) is 0 Å². The van der Waals surface area contributed by atoms with Crippen LogP contribution in [0.2, 0.25) is 0 Å². The largest absolute Gasteiger partial charge is 0.369 e. The lowest BCUT2D eigenvalue weighted by atomic mass is 10.1. The van der Waals surface area contributed by atoms with Crippen LogP contribution in [0.4, 0.5) is 0 Å². The highest BCUT2D eigenvalue weighted by molar-refractivity contribution is 7.12. The molecule has 0 unspecified atom stereocenters. The molecular formula is C10H8N2O2S. The molecule has 0 atom stereocenters. The average Bonchev–Trinajstić information content (AvgIpc) is 2.78. The molecule has 0 amide bonds. The van der Waals surface area contributed by atoms with Crippen LogP contribution in [0, 0.1) is 0 Å². The normalized spacial score (nSPS) is 9.93. The zero-order valence-electron chi connectivity index (χ0n) is 7.71. The number of carbonyl (C=O) groups excluding carboxylic acids is 1. The molecule has 2 N–H and O–H groups in total.